The molecule has 0 atom stereocenters. The summed E-state index contributed by atoms with van der Waals surface area (Å²) >= 11 is 0. The predicted octanol–water partition coefficient (Wildman–Crippen LogP) is 2.21. The van der Waals surface area contributed by atoms with Crippen LogP contribution >= 0.6 is 0 Å². The van der Waals surface area contributed by atoms with Crippen LogP contribution in [-0.2, 0) is 20.7 Å². The van der Waals surface area contributed by atoms with Crippen LogP contribution in [0.5, 0.6) is 11.6 Å². The molecule has 12 nitrogen and oxygen atoms in total. The molecule has 12 heteroatoms. The van der Waals surface area contributed by atoms with E-state index < -0.39 is 23.4 Å². The van der Waals surface area contributed by atoms with Crippen molar-refractivity contribution in [3.05, 3.63) is 48.5 Å². The number of rotatable bonds is 8. The van der Waals surface area contributed by atoms with Crippen LogP contribution in [0.3, 0.4) is 0 Å². The maximum absolute atomic E-state index is 12.6. The van der Waals surface area contributed by atoms with Crippen molar-refractivity contribution >= 4 is 23.5 Å². The van der Waals surface area contributed by atoms with Gasteiger partial charge in [0.15, 0.2) is 5.54 Å². The minimum atomic E-state index is -1.47. The molecule has 186 valence electrons. The number of aromatic nitrogens is 3. The second-order valence-corrected chi connectivity index (χ2v) is 8.44. The number of carbonyl (C=O) groups excluding carboxylic acids is 3. The molecular weight excluding hydrogens is 468 g/mol. The molecule has 2 aliphatic rings. The number of imide groups is 2. The molecule has 0 aliphatic carbocycles. The number of amides is 4. The van der Waals surface area contributed by atoms with Crippen LogP contribution in [0.2, 0.25) is 0 Å². The van der Waals surface area contributed by atoms with Gasteiger partial charge in [0.05, 0.1) is 11.9 Å². The maximum Gasteiger partial charge on any atom is 0.328 e. The third kappa shape index (κ3) is 4.38. The molecule has 4 amide bonds. The zero-order valence-corrected chi connectivity index (χ0v) is 19.5. The zero-order chi connectivity index (χ0) is 25.1. The Balaban J connectivity index is 1.25. The quantitative estimate of drug-likeness (QED) is 0.354. The highest BCUT2D eigenvalue weighted by molar-refractivity contribution is 6.24. The lowest BCUT2D eigenvalue weighted by molar-refractivity contribution is -0.137. The first-order chi connectivity index (χ1) is 17.5. The van der Waals surface area contributed by atoms with E-state index in [1.54, 1.807) is 36.3 Å². The topological polar surface area (TPSA) is 149 Å². The molecule has 2 aliphatic heterocycles. The first-order valence-electron chi connectivity index (χ1n) is 11.5. The highest BCUT2D eigenvalue weighted by Crippen LogP contribution is 2.36. The Bertz CT molecular complexity index is 1250. The van der Waals surface area contributed by atoms with E-state index in [2.05, 4.69) is 25.8 Å². The molecule has 2 saturated heterocycles. The monoisotopic (exact) mass is 492 g/mol. The first-order valence-corrected chi connectivity index (χ1v) is 11.5. The first kappa shape index (κ1) is 23.4. The van der Waals surface area contributed by atoms with E-state index in [9.17, 15) is 14.4 Å². The molecular formula is C24H24N6O6. The summed E-state index contributed by atoms with van der Waals surface area (Å²) in [6, 6.07) is 9.77. The van der Waals surface area contributed by atoms with Gasteiger partial charge in [0.1, 0.15) is 5.75 Å². The van der Waals surface area contributed by atoms with Crippen molar-refractivity contribution in [1.82, 2.24) is 25.8 Å². The molecule has 0 unspecified atom stereocenters. The van der Waals surface area contributed by atoms with Gasteiger partial charge in [-0.05, 0) is 49.6 Å². The van der Waals surface area contributed by atoms with Crippen molar-refractivity contribution in [2.45, 2.75) is 31.2 Å². The summed E-state index contributed by atoms with van der Waals surface area (Å²) in [6.07, 6.45) is 3.91. The molecule has 0 bridgehead atoms. The Morgan fingerprint density at radius 1 is 1.08 bits per heavy atom. The summed E-state index contributed by atoms with van der Waals surface area (Å²) in [5.41, 5.74) is -0.102. The van der Waals surface area contributed by atoms with Crippen molar-refractivity contribution < 1.29 is 28.4 Å². The van der Waals surface area contributed by atoms with E-state index in [-0.39, 0.29) is 0 Å². The highest BCUT2D eigenvalue weighted by atomic mass is 16.5. The third-order valence-corrected chi connectivity index (χ3v) is 6.16. The van der Waals surface area contributed by atoms with Gasteiger partial charge < -0.3 is 18.9 Å². The number of pyridine rings is 1. The molecule has 5 rings (SSSR count). The fourth-order valence-electron chi connectivity index (χ4n) is 4.41. The van der Waals surface area contributed by atoms with Crippen LogP contribution < -0.4 is 20.3 Å². The van der Waals surface area contributed by atoms with Gasteiger partial charge in [-0.1, -0.05) is 5.16 Å². The third-order valence-electron chi connectivity index (χ3n) is 6.16. The fourth-order valence-corrected chi connectivity index (χ4v) is 4.41. The predicted molar refractivity (Wildman–Crippen MR) is 125 cm³/mol. The van der Waals surface area contributed by atoms with E-state index in [1.165, 1.54) is 6.20 Å². The number of nitrogens with one attached hydrogen (secondary N) is 2. The van der Waals surface area contributed by atoms with Crippen molar-refractivity contribution in [2.24, 2.45) is 0 Å². The number of nitrogens with zero attached hydrogens (tertiary/aromatic N) is 4. The lowest BCUT2D eigenvalue weighted by Crippen LogP contribution is -2.71. The van der Waals surface area contributed by atoms with Gasteiger partial charge in [0.2, 0.25) is 17.6 Å². The van der Waals surface area contributed by atoms with E-state index in [0.29, 0.717) is 61.4 Å². The van der Waals surface area contributed by atoms with Gasteiger partial charge in [-0.2, -0.15) is 4.98 Å². The summed E-state index contributed by atoms with van der Waals surface area (Å²) < 4.78 is 16.1. The largest absolute Gasteiger partial charge is 0.439 e. The minimum absolute atomic E-state index is 0.303. The lowest BCUT2D eigenvalue weighted by atomic mass is 9.92. The number of hydrogen-bond acceptors (Lipinski definition) is 10. The van der Waals surface area contributed by atoms with Crippen LogP contribution in [-0.4, -0.2) is 58.8 Å². The molecule has 36 heavy (non-hydrogen) atoms. The van der Waals surface area contributed by atoms with Crippen molar-refractivity contribution in [2.75, 3.05) is 25.2 Å². The number of anilines is 1. The van der Waals surface area contributed by atoms with E-state index >= 15 is 0 Å². The van der Waals surface area contributed by atoms with Gasteiger partial charge in [0, 0.05) is 38.3 Å². The summed E-state index contributed by atoms with van der Waals surface area (Å²) in [4.78, 5) is 47.2. The number of carbonyl (C=O) groups is 3. The number of benzene rings is 1. The number of methoxy groups -OCH3 is 1. The Kier molecular flexibility index (Phi) is 6.34. The number of hydrogen-bond donors (Lipinski definition) is 2. The number of barbiturate groups is 1. The summed E-state index contributed by atoms with van der Waals surface area (Å²) in [6.45, 7) is 1.10. The van der Waals surface area contributed by atoms with Gasteiger partial charge in [0.25, 0.3) is 11.8 Å². The number of ether oxygens (including phenoxy) is 2. The van der Waals surface area contributed by atoms with Crippen LogP contribution in [0.4, 0.5) is 10.5 Å². The Morgan fingerprint density at radius 3 is 2.56 bits per heavy atom. The fraction of sp³-hybridized carbons (Fsp3) is 0.333. The molecule has 3 aromatic rings. The van der Waals surface area contributed by atoms with Gasteiger partial charge in [-0.15, -0.1) is 0 Å². The van der Waals surface area contributed by atoms with Gasteiger partial charge in [-0.3, -0.25) is 20.2 Å². The molecule has 1 spiro atoms. The molecule has 2 N–H and O–H groups in total. The summed E-state index contributed by atoms with van der Waals surface area (Å²) in [5, 5.41) is 8.41. The highest BCUT2D eigenvalue weighted by Gasteiger charge is 2.57. The van der Waals surface area contributed by atoms with Crippen molar-refractivity contribution in [3.8, 4) is 23.0 Å². The smallest absolute Gasteiger partial charge is 0.328 e. The number of urea groups is 1. The van der Waals surface area contributed by atoms with Gasteiger partial charge in [-0.25, -0.2) is 9.78 Å². The standard InChI is InChI=1S/C24H24N6O6/c1-34-13-2-4-19-26-20(29-36-19)15-5-8-17(9-6-15)35-18-10-7-16(14-25-18)30-12-3-11-24(30)21(31)27-23(33)28-22(24)32/h5-10,14H,2-4,11-13H2,1H3,(H2,27,28,31,32,33). The average molecular weight is 492 g/mol. The van der Waals surface area contributed by atoms with Gasteiger partial charge >= 0.3 is 6.03 Å². The van der Waals surface area contributed by atoms with E-state index in [0.717, 1.165) is 12.0 Å². The van der Waals surface area contributed by atoms with Crippen molar-refractivity contribution in [1.29, 1.82) is 0 Å². The average Bonchev–Trinajstić information content (AvgIpc) is 3.53. The molecule has 0 radical (unpaired) electrons. The molecule has 4 heterocycles. The van der Waals surface area contributed by atoms with Crippen LogP contribution in [0.25, 0.3) is 11.4 Å². The van der Waals surface area contributed by atoms with Crippen LogP contribution in [0.15, 0.2) is 47.1 Å². The summed E-state index contributed by atoms with van der Waals surface area (Å²) in [5.74, 6) is 0.697. The lowest BCUT2D eigenvalue weighted by Gasteiger charge is -2.38. The van der Waals surface area contributed by atoms with Crippen LogP contribution in [0.1, 0.15) is 25.2 Å². The Hall–Kier alpha value is -4.32. The summed E-state index contributed by atoms with van der Waals surface area (Å²) in [7, 11) is 1.65. The Morgan fingerprint density at radius 2 is 1.86 bits per heavy atom. The van der Waals surface area contributed by atoms with E-state index in [4.69, 9.17) is 14.0 Å². The molecule has 2 aromatic heterocycles. The second-order valence-electron chi connectivity index (χ2n) is 8.44. The zero-order valence-electron chi connectivity index (χ0n) is 19.5. The molecule has 2 fully saturated rings. The molecule has 1 aromatic carbocycles. The normalized spacial score (nSPS) is 16.8. The minimum Gasteiger partial charge on any atom is -0.439 e. The van der Waals surface area contributed by atoms with Crippen molar-refractivity contribution in [3.63, 3.8) is 0 Å². The second kappa shape index (κ2) is 9.74. The maximum atomic E-state index is 12.6. The molecule has 0 saturated carbocycles. The number of aryl methyl sites for hydroxylation is 1. The van der Waals surface area contributed by atoms with E-state index in [1.807, 2.05) is 12.1 Å². The van der Waals surface area contributed by atoms with Crippen LogP contribution in [0, 0.1) is 0 Å². The SMILES string of the molecule is COCCCc1nc(-c2ccc(Oc3ccc(N4CCCC45C(=O)NC(=O)NC5=O)cn3)cc2)no1. The Labute approximate surface area is 206 Å².